The van der Waals surface area contributed by atoms with Gasteiger partial charge in [0.2, 0.25) is 0 Å². The minimum atomic E-state index is -0.255. The third-order valence-electron chi connectivity index (χ3n) is 6.99. The summed E-state index contributed by atoms with van der Waals surface area (Å²) in [7, 11) is 0. The van der Waals surface area contributed by atoms with Gasteiger partial charge in [-0.3, -0.25) is 0 Å². The van der Waals surface area contributed by atoms with Gasteiger partial charge in [-0.1, -0.05) is 103 Å². The number of hydrogen-bond acceptors (Lipinski definition) is 7. The summed E-state index contributed by atoms with van der Waals surface area (Å²) in [5.41, 5.74) is 0. The summed E-state index contributed by atoms with van der Waals surface area (Å²) >= 11 is 0. The molecule has 228 valence electrons. The lowest BCUT2D eigenvalue weighted by Gasteiger charge is -2.18. The Labute approximate surface area is 243 Å². The fraction of sp³-hybridized carbons (Fsp3) is 0.781. The van der Waals surface area contributed by atoms with E-state index in [1.165, 1.54) is 96.3 Å². The second-order valence-corrected chi connectivity index (χ2v) is 10.6. The normalized spacial score (nSPS) is 12.1. The third-order valence-corrected chi connectivity index (χ3v) is 6.99. The molecule has 0 spiro atoms. The highest BCUT2D eigenvalue weighted by Gasteiger charge is 2.13. The smallest absolute Gasteiger partial charge is 0.316 e. The molecule has 0 aliphatic carbocycles. The molecule has 2 heterocycles. The lowest BCUT2D eigenvalue weighted by molar-refractivity contribution is -0.0256. The molecule has 0 saturated carbocycles. The molecule has 0 fully saturated rings. The van der Waals surface area contributed by atoms with Crippen LogP contribution in [0, 0.1) is 0 Å². The van der Waals surface area contributed by atoms with Crippen LogP contribution in [-0.4, -0.2) is 65.3 Å². The minimum Gasteiger partial charge on any atom is -0.455 e. The van der Waals surface area contributed by atoms with Gasteiger partial charge < -0.3 is 23.5 Å². The van der Waals surface area contributed by atoms with Gasteiger partial charge in [-0.2, -0.15) is 0 Å². The van der Waals surface area contributed by atoms with Crippen LogP contribution < -0.4 is 4.74 Å². The van der Waals surface area contributed by atoms with Gasteiger partial charge in [-0.25, -0.2) is 15.0 Å². The van der Waals surface area contributed by atoms with Crippen molar-refractivity contribution in [2.24, 2.45) is 0 Å². The van der Waals surface area contributed by atoms with Crippen molar-refractivity contribution in [2.75, 3.05) is 39.6 Å². The second-order valence-electron chi connectivity index (χ2n) is 10.6. The zero-order chi connectivity index (χ0) is 28.2. The van der Waals surface area contributed by atoms with Crippen molar-refractivity contribution in [3.63, 3.8) is 0 Å². The second kappa shape index (κ2) is 25.9. The molecule has 8 heteroatoms. The average Bonchev–Trinajstić information content (AvgIpc) is 3.50. The highest BCUT2D eigenvalue weighted by Crippen LogP contribution is 2.14. The molecule has 1 atom stereocenters. The van der Waals surface area contributed by atoms with Crippen molar-refractivity contribution in [3.05, 3.63) is 37.2 Å². The van der Waals surface area contributed by atoms with Crippen molar-refractivity contribution in [1.29, 1.82) is 0 Å². The average molecular weight is 561 g/mol. The number of imidazole rings is 1. The van der Waals surface area contributed by atoms with Crippen molar-refractivity contribution in [3.8, 4) is 6.01 Å². The molecule has 40 heavy (non-hydrogen) atoms. The first-order valence-electron chi connectivity index (χ1n) is 16.0. The number of unbranched alkanes of at least 4 members (excludes halogenated alkanes) is 15. The van der Waals surface area contributed by atoms with Crippen LogP contribution in [0.15, 0.2) is 37.2 Å². The SMILES string of the molecule is CCCCCCCCCCCCCCCCCCOCC(COCCOCCn1ccnc1)Oc1ncccn1. The summed E-state index contributed by atoms with van der Waals surface area (Å²) < 4.78 is 25.2. The Bertz CT molecular complexity index is 764. The lowest BCUT2D eigenvalue weighted by atomic mass is 10.0. The largest absolute Gasteiger partial charge is 0.455 e. The van der Waals surface area contributed by atoms with Crippen LogP contribution in [0.1, 0.15) is 110 Å². The van der Waals surface area contributed by atoms with Crippen molar-refractivity contribution < 1.29 is 18.9 Å². The summed E-state index contributed by atoms with van der Waals surface area (Å²) in [5.74, 6) is 0. The summed E-state index contributed by atoms with van der Waals surface area (Å²) in [6.45, 7) is 6.33. The molecule has 8 nitrogen and oxygen atoms in total. The predicted octanol–water partition coefficient (Wildman–Crippen LogP) is 7.43. The molecule has 0 aromatic carbocycles. The van der Waals surface area contributed by atoms with Gasteiger partial charge in [-0.15, -0.1) is 0 Å². The Morgan fingerprint density at radius 2 is 1.18 bits per heavy atom. The topological polar surface area (TPSA) is 80.5 Å². The highest BCUT2D eigenvalue weighted by molar-refractivity contribution is 4.94. The Hall–Kier alpha value is -2.03. The Balaban J connectivity index is 1.41. The van der Waals surface area contributed by atoms with Crippen molar-refractivity contribution in [2.45, 2.75) is 122 Å². The third kappa shape index (κ3) is 19.9. The van der Waals surface area contributed by atoms with Crippen LogP contribution in [0.4, 0.5) is 0 Å². The molecular formula is C32H56N4O4. The standard InChI is InChI=1S/C32H56N4O4/c1-2-3-4-5-6-7-8-9-10-11-12-13-14-15-16-17-24-38-28-31(40-32-34-19-18-20-35-32)29-39-27-26-37-25-23-36-22-21-33-30-36/h18-22,30-31H,2-17,23-29H2,1H3. The van der Waals surface area contributed by atoms with Crippen LogP contribution in [0.3, 0.4) is 0 Å². The van der Waals surface area contributed by atoms with E-state index in [2.05, 4.69) is 21.9 Å². The van der Waals surface area contributed by atoms with E-state index in [0.29, 0.717) is 39.0 Å². The first-order chi connectivity index (χ1) is 19.9. The van der Waals surface area contributed by atoms with Crippen LogP contribution in [0.5, 0.6) is 6.01 Å². The number of rotatable bonds is 29. The van der Waals surface area contributed by atoms with Crippen molar-refractivity contribution in [1.82, 2.24) is 19.5 Å². The fourth-order valence-corrected chi connectivity index (χ4v) is 4.60. The van der Waals surface area contributed by atoms with E-state index in [0.717, 1.165) is 19.6 Å². The van der Waals surface area contributed by atoms with Gasteiger partial charge in [0.05, 0.1) is 39.4 Å². The van der Waals surface area contributed by atoms with Gasteiger partial charge in [0, 0.05) is 37.9 Å². The highest BCUT2D eigenvalue weighted by atomic mass is 16.6. The van der Waals surface area contributed by atoms with E-state index in [1.807, 2.05) is 10.8 Å². The fourth-order valence-electron chi connectivity index (χ4n) is 4.60. The van der Waals surface area contributed by atoms with Crippen molar-refractivity contribution >= 4 is 0 Å². The molecule has 0 saturated heterocycles. The molecule has 2 aromatic heterocycles. The molecule has 0 aliphatic heterocycles. The Morgan fingerprint density at radius 1 is 0.625 bits per heavy atom. The quantitative estimate of drug-likeness (QED) is 0.0957. The number of nitrogens with zero attached hydrogens (tertiary/aromatic N) is 4. The Kier molecular flexibility index (Phi) is 22.1. The monoisotopic (exact) mass is 560 g/mol. The molecule has 2 aromatic rings. The molecule has 0 radical (unpaired) electrons. The minimum absolute atomic E-state index is 0.255. The maximum atomic E-state index is 5.92. The summed E-state index contributed by atoms with van der Waals surface area (Å²) in [4.78, 5) is 12.4. The summed E-state index contributed by atoms with van der Waals surface area (Å²) in [6.07, 6.45) is 30.5. The van der Waals surface area contributed by atoms with Gasteiger partial charge >= 0.3 is 6.01 Å². The number of hydrogen-bond donors (Lipinski definition) is 0. The van der Waals surface area contributed by atoms with Crippen LogP contribution in [-0.2, 0) is 20.8 Å². The predicted molar refractivity (Wildman–Crippen MR) is 161 cm³/mol. The van der Waals surface area contributed by atoms with E-state index >= 15 is 0 Å². The molecule has 0 aliphatic rings. The summed E-state index contributed by atoms with van der Waals surface area (Å²) in [6, 6.07) is 2.12. The molecular weight excluding hydrogens is 504 g/mol. The Morgan fingerprint density at radius 3 is 1.75 bits per heavy atom. The summed E-state index contributed by atoms with van der Waals surface area (Å²) in [5, 5.41) is 0. The zero-order valence-electron chi connectivity index (χ0n) is 25.2. The van der Waals surface area contributed by atoms with E-state index in [4.69, 9.17) is 18.9 Å². The molecule has 2 rings (SSSR count). The lowest BCUT2D eigenvalue weighted by Crippen LogP contribution is -2.30. The van der Waals surface area contributed by atoms with Gasteiger partial charge in [0.25, 0.3) is 0 Å². The van der Waals surface area contributed by atoms with E-state index < -0.39 is 0 Å². The molecule has 0 N–H and O–H groups in total. The van der Waals surface area contributed by atoms with Crippen LogP contribution in [0.25, 0.3) is 0 Å². The number of aromatic nitrogens is 4. The maximum Gasteiger partial charge on any atom is 0.316 e. The zero-order valence-corrected chi connectivity index (χ0v) is 25.2. The van der Waals surface area contributed by atoms with Gasteiger partial charge in [0.1, 0.15) is 6.10 Å². The van der Waals surface area contributed by atoms with Gasteiger partial charge in [0.15, 0.2) is 0 Å². The number of ether oxygens (including phenoxy) is 4. The van der Waals surface area contributed by atoms with E-state index in [1.54, 1.807) is 31.0 Å². The molecule has 0 amide bonds. The van der Waals surface area contributed by atoms with Crippen LogP contribution in [0.2, 0.25) is 0 Å². The van der Waals surface area contributed by atoms with E-state index in [-0.39, 0.29) is 6.10 Å². The first kappa shape index (κ1) is 34.2. The molecule has 1 unspecified atom stereocenters. The molecule has 0 bridgehead atoms. The van der Waals surface area contributed by atoms with Gasteiger partial charge in [-0.05, 0) is 12.5 Å². The first-order valence-corrected chi connectivity index (χ1v) is 16.0. The van der Waals surface area contributed by atoms with E-state index in [9.17, 15) is 0 Å². The van der Waals surface area contributed by atoms with Crippen LogP contribution >= 0.6 is 0 Å². The maximum absolute atomic E-state index is 5.92.